The van der Waals surface area contributed by atoms with Crippen molar-refractivity contribution in [2.24, 2.45) is 0 Å². The van der Waals surface area contributed by atoms with E-state index < -0.39 is 5.97 Å². The third kappa shape index (κ3) is 6.11. The van der Waals surface area contributed by atoms with Crippen molar-refractivity contribution in [2.45, 2.75) is 24.7 Å². The molecule has 0 bridgehead atoms. The van der Waals surface area contributed by atoms with E-state index in [2.05, 4.69) is 19.2 Å². The zero-order valence-electron chi connectivity index (χ0n) is 15.2. The number of anilines is 1. The number of benzene rings is 2. The molecular weight excluding hydrogens is 350 g/mol. The lowest BCUT2D eigenvalue weighted by molar-refractivity contribution is -0.149. The molecule has 0 saturated heterocycles. The molecule has 0 atom stereocenters. The molecule has 0 fully saturated rings. The number of para-hydroxylation sites is 1. The molecule has 0 aliphatic rings. The van der Waals surface area contributed by atoms with Gasteiger partial charge in [-0.05, 0) is 42.0 Å². The largest absolute Gasteiger partial charge is 0.482 e. The highest BCUT2D eigenvalue weighted by Gasteiger charge is 2.10. The van der Waals surface area contributed by atoms with Crippen LogP contribution in [0.5, 0.6) is 5.75 Å². The fourth-order valence-electron chi connectivity index (χ4n) is 2.21. The Labute approximate surface area is 158 Å². The second-order valence-corrected chi connectivity index (χ2v) is 6.77. The average Bonchev–Trinajstić information content (AvgIpc) is 2.65. The molecule has 2 rings (SSSR count). The van der Waals surface area contributed by atoms with Gasteiger partial charge in [0, 0.05) is 4.90 Å². The Kier molecular flexibility index (Phi) is 7.53. The van der Waals surface area contributed by atoms with Crippen LogP contribution in [0, 0.1) is 0 Å². The van der Waals surface area contributed by atoms with Crippen LogP contribution < -0.4 is 10.1 Å². The number of carbonyl (C=O) groups excluding carboxylic acids is 2. The fourth-order valence-corrected chi connectivity index (χ4v) is 2.77. The van der Waals surface area contributed by atoms with E-state index in [1.165, 1.54) is 17.3 Å². The molecule has 0 unspecified atom stereocenters. The van der Waals surface area contributed by atoms with Crippen LogP contribution in [0.25, 0.3) is 0 Å². The SMILES string of the molecule is CSc1ccccc1NC(=O)COC(=O)COc1ccc(C(C)C)cc1. The second kappa shape index (κ2) is 9.87. The van der Waals surface area contributed by atoms with Gasteiger partial charge >= 0.3 is 5.97 Å². The van der Waals surface area contributed by atoms with Crippen molar-refractivity contribution in [3.05, 3.63) is 54.1 Å². The van der Waals surface area contributed by atoms with Gasteiger partial charge in [-0.15, -0.1) is 11.8 Å². The summed E-state index contributed by atoms with van der Waals surface area (Å²) >= 11 is 1.53. The van der Waals surface area contributed by atoms with Crippen molar-refractivity contribution in [1.29, 1.82) is 0 Å². The van der Waals surface area contributed by atoms with E-state index in [0.717, 1.165) is 4.90 Å². The molecule has 0 aliphatic carbocycles. The predicted molar refractivity (Wildman–Crippen MR) is 104 cm³/mol. The molecular formula is C20H23NO4S. The first-order chi connectivity index (χ1) is 12.5. The van der Waals surface area contributed by atoms with Crippen molar-refractivity contribution in [1.82, 2.24) is 0 Å². The Hall–Kier alpha value is -2.47. The van der Waals surface area contributed by atoms with Crippen LogP contribution in [0.2, 0.25) is 0 Å². The van der Waals surface area contributed by atoms with E-state index in [-0.39, 0.29) is 19.1 Å². The number of amides is 1. The number of rotatable bonds is 8. The number of hydrogen-bond donors (Lipinski definition) is 1. The molecule has 6 heteroatoms. The summed E-state index contributed by atoms with van der Waals surface area (Å²) in [6.45, 7) is 3.62. The van der Waals surface area contributed by atoms with E-state index in [4.69, 9.17) is 9.47 Å². The maximum absolute atomic E-state index is 11.9. The Morgan fingerprint density at radius 1 is 1.04 bits per heavy atom. The molecule has 26 heavy (non-hydrogen) atoms. The van der Waals surface area contributed by atoms with Gasteiger partial charge in [0.2, 0.25) is 0 Å². The molecule has 0 heterocycles. The van der Waals surface area contributed by atoms with E-state index in [0.29, 0.717) is 17.4 Å². The van der Waals surface area contributed by atoms with E-state index in [1.54, 1.807) is 6.07 Å². The van der Waals surface area contributed by atoms with E-state index >= 15 is 0 Å². The monoisotopic (exact) mass is 373 g/mol. The Bertz CT molecular complexity index is 744. The van der Waals surface area contributed by atoms with Gasteiger partial charge in [0.25, 0.3) is 5.91 Å². The Balaban J connectivity index is 1.75. The second-order valence-electron chi connectivity index (χ2n) is 5.92. The van der Waals surface area contributed by atoms with Crippen molar-refractivity contribution < 1.29 is 19.1 Å². The standard InChI is InChI=1S/C20H23NO4S/c1-14(2)15-8-10-16(11-9-15)24-13-20(23)25-12-19(22)21-17-6-4-5-7-18(17)26-3/h4-11,14H,12-13H2,1-3H3,(H,21,22). The van der Waals surface area contributed by atoms with Gasteiger partial charge in [-0.25, -0.2) is 4.79 Å². The molecule has 0 aliphatic heterocycles. The molecule has 0 aromatic heterocycles. The number of nitrogens with one attached hydrogen (secondary N) is 1. The summed E-state index contributed by atoms with van der Waals surface area (Å²) in [4.78, 5) is 24.6. The summed E-state index contributed by atoms with van der Waals surface area (Å²) in [5.74, 6) is 0.0424. The lowest BCUT2D eigenvalue weighted by atomic mass is 10.0. The van der Waals surface area contributed by atoms with Gasteiger partial charge in [-0.2, -0.15) is 0 Å². The highest BCUT2D eigenvalue weighted by molar-refractivity contribution is 7.98. The molecule has 0 radical (unpaired) electrons. The maximum atomic E-state index is 11.9. The number of ether oxygens (including phenoxy) is 2. The van der Waals surface area contributed by atoms with Crippen LogP contribution >= 0.6 is 11.8 Å². The normalized spacial score (nSPS) is 10.5. The summed E-state index contributed by atoms with van der Waals surface area (Å²) in [6.07, 6.45) is 1.93. The zero-order chi connectivity index (χ0) is 18.9. The number of thioether (sulfide) groups is 1. The van der Waals surface area contributed by atoms with Gasteiger partial charge in [0.05, 0.1) is 5.69 Å². The summed E-state index contributed by atoms with van der Waals surface area (Å²) in [6, 6.07) is 15.0. The molecule has 138 valence electrons. The Morgan fingerprint density at radius 3 is 2.38 bits per heavy atom. The lowest BCUT2D eigenvalue weighted by Gasteiger charge is -2.10. The minimum absolute atomic E-state index is 0.240. The predicted octanol–water partition coefficient (Wildman–Crippen LogP) is 4.09. The lowest BCUT2D eigenvalue weighted by Crippen LogP contribution is -2.23. The van der Waals surface area contributed by atoms with Crippen molar-refractivity contribution >= 4 is 29.3 Å². The van der Waals surface area contributed by atoms with Gasteiger partial charge in [-0.3, -0.25) is 4.79 Å². The number of hydrogen-bond acceptors (Lipinski definition) is 5. The van der Waals surface area contributed by atoms with Crippen LogP contribution in [-0.4, -0.2) is 31.3 Å². The van der Waals surface area contributed by atoms with E-state index in [9.17, 15) is 9.59 Å². The Morgan fingerprint density at radius 2 is 1.73 bits per heavy atom. The molecule has 2 aromatic carbocycles. The molecule has 0 spiro atoms. The average molecular weight is 373 g/mol. The molecule has 0 saturated carbocycles. The smallest absolute Gasteiger partial charge is 0.344 e. The first-order valence-corrected chi connectivity index (χ1v) is 9.53. The van der Waals surface area contributed by atoms with Gasteiger partial charge in [0.1, 0.15) is 5.75 Å². The fraction of sp³-hybridized carbons (Fsp3) is 0.300. The summed E-state index contributed by atoms with van der Waals surface area (Å²) in [7, 11) is 0. The first-order valence-electron chi connectivity index (χ1n) is 8.31. The van der Waals surface area contributed by atoms with Crippen LogP contribution in [0.4, 0.5) is 5.69 Å². The van der Waals surface area contributed by atoms with Crippen LogP contribution in [0.3, 0.4) is 0 Å². The molecule has 1 N–H and O–H groups in total. The third-order valence-electron chi connectivity index (χ3n) is 3.65. The van der Waals surface area contributed by atoms with E-state index in [1.807, 2.05) is 48.7 Å². The zero-order valence-corrected chi connectivity index (χ0v) is 16.0. The van der Waals surface area contributed by atoms with Gasteiger partial charge in [-0.1, -0.05) is 38.1 Å². The van der Waals surface area contributed by atoms with Crippen LogP contribution in [0.15, 0.2) is 53.4 Å². The van der Waals surface area contributed by atoms with Crippen molar-refractivity contribution in [2.75, 3.05) is 24.8 Å². The highest BCUT2D eigenvalue weighted by atomic mass is 32.2. The molecule has 5 nitrogen and oxygen atoms in total. The minimum atomic E-state index is -0.591. The van der Waals surface area contributed by atoms with Crippen molar-refractivity contribution in [3.63, 3.8) is 0 Å². The molecule has 2 aromatic rings. The number of carbonyl (C=O) groups is 2. The quantitative estimate of drug-likeness (QED) is 0.558. The topological polar surface area (TPSA) is 64.6 Å². The first kappa shape index (κ1) is 19.8. The van der Waals surface area contributed by atoms with Gasteiger partial charge in [0.15, 0.2) is 13.2 Å². The third-order valence-corrected chi connectivity index (χ3v) is 4.44. The summed E-state index contributed by atoms with van der Waals surface area (Å²) in [5, 5.41) is 2.73. The van der Waals surface area contributed by atoms with Gasteiger partial charge < -0.3 is 14.8 Å². The van der Waals surface area contributed by atoms with Crippen molar-refractivity contribution in [3.8, 4) is 5.75 Å². The summed E-state index contributed by atoms with van der Waals surface area (Å²) < 4.78 is 10.3. The highest BCUT2D eigenvalue weighted by Crippen LogP contribution is 2.24. The maximum Gasteiger partial charge on any atom is 0.344 e. The number of esters is 1. The summed E-state index contributed by atoms with van der Waals surface area (Å²) in [5.41, 5.74) is 1.89. The van der Waals surface area contributed by atoms with Crippen LogP contribution in [-0.2, 0) is 14.3 Å². The minimum Gasteiger partial charge on any atom is -0.482 e. The molecule has 1 amide bonds. The van der Waals surface area contributed by atoms with Crippen LogP contribution in [0.1, 0.15) is 25.3 Å².